The summed E-state index contributed by atoms with van der Waals surface area (Å²) in [5.74, 6) is 1.69. The van der Waals surface area contributed by atoms with Gasteiger partial charge in [0.1, 0.15) is 0 Å². The van der Waals surface area contributed by atoms with Crippen LogP contribution in [0.25, 0.3) is 100 Å². The summed E-state index contributed by atoms with van der Waals surface area (Å²) in [7, 11) is 0. The van der Waals surface area contributed by atoms with E-state index in [-0.39, 0.29) is 0 Å². The summed E-state index contributed by atoms with van der Waals surface area (Å²) < 4.78 is 4.51. The zero-order valence-corrected chi connectivity index (χ0v) is 31.9. The normalized spacial score (nSPS) is 11.3. The van der Waals surface area contributed by atoms with Gasteiger partial charge in [-0.2, -0.15) is 10.5 Å². The lowest BCUT2D eigenvalue weighted by Crippen LogP contribution is -2.04. The van der Waals surface area contributed by atoms with Crippen LogP contribution in [0, 0.1) is 22.7 Å². The van der Waals surface area contributed by atoms with E-state index in [1.807, 2.05) is 134 Å². The second-order valence-corrected chi connectivity index (χ2v) is 14.6. The highest BCUT2D eigenvalue weighted by atomic mass is 15.0. The van der Waals surface area contributed by atoms with Gasteiger partial charge in [0.05, 0.1) is 62.9 Å². The molecule has 11 aromatic rings. The maximum atomic E-state index is 9.96. The minimum atomic E-state index is 0.536. The van der Waals surface area contributed by atoms with Gasteiger partial charge in [-0.1, -0.05) is 109 Å². The molecule has 11 rings (SSSR count). The maximum Gasteiger partial charge on any atom is 0.164 e. The van der Waals surface area contributed by atoms with Gasteiger partial charge in [0, 0.05) is 55.6 Å². The molecule has 278 valence electrons. The third-order valence-electron chi connectivity index (χ3n) is 11.1. The van der Waals surface area contributed by atoms with Crippen LogP contribution in [0.2, 0.25) is 0 Å². The first kappa shape index (κ1) is 34.5. The Bertz CT molecular complexity index is 3510. The molecule has 0 saturated carbocycles. The number of nitriles is 2. The molecule has 0 fully saturated rings. The molecule has 4 heterocycles. The lowest BCUT2D eigenvalue weighted by molar-refractivity contribution is 1.07. The number of rotatable bonds is 6. The minimum Gasteiger partial charge on any atom is -0.309 e. The van der Waals surface area contributed by atoms with Gasteiger partial charge in [0.2, 0.25) is 0 Å². The Balaban J connectivity index is 1.22. The van der Waals surface area contributed by atoms with Gasteiger partial charge in [-0.15, -0.1) is 0 Å². The fourth-order valence-electron chi connectivity index (χ4n) is 8.42. The molecule has 8 nitrogen and oxygen atoms in total. The summed E-state index contributed by atoms with van der Waals surface area (Å²) >= 11 is 0. The second-order valence-electron chi connectivity index (χ2n) is 14.6. The summed E-state index contributed by atoms with van der Waals surface area (Å²) in [5.41, 5.74) is 11.4. The summed E-state index contributed by atoms with van der Waals surface area (Å²) in [4.78, 5) is 19.9. The van der Waals surface area contributed by atoms with Gasteiger partial charge in [0.25, 0.3) is 0 Å². The van der Waals surface area contributed by atoms with Crippen molar-refractivity contribution in [3.8, 4) is 68.8 Å². The quantitative estimate of drug-likeness (QED) is 0.167. The molecule has 0 N–H and O–H groups in total. The lowest BCUT2D eigenvalue weighted by atomic mass is 9.99. The average molecular weight is 767 g/mol. The van der Waals surface area contributed by atoms with E-state index >= 15 is 0 Å². The second kappa shape index (κ2) is 14.0. The Morgan fingerprint density at radius 2 is 0.850 bits per heavy atom. The zero-order chi connectivity index (χ0) is 40.2. The average Bonchev–Trinajstić information content (AvgIpc) is 3.83. The Morgan fingerprint density at radius 3 is 1.40 bits per heavy atom. The van der Waals surface area contributed by atoms with Crippen LogP contribution >= 0.6 is 0 Å². The van der Waals surface area contributed by atoms with E-state index in [9.17, 15) is 10.5 Å². The van der Waals surface area contributed by atoms with Crippen LogP contribution < -0.4 is 0 Å². The van der Waals surface area contributed by atoms with Gasteiger partial charge in [-0.25, -0.2) is 15.0 Å². The molecule has 0 aliphatic heterocycles. The van der Waals surface area contributed by atoms with Crippen molar-refractivity contribution in [3.63, 3.8) is 0 Å². The number of hydrogen-bond donors (Lipinski definition) is 0. The molecule has 0 atom stereocenters. The van der Waals surface area contributed by atoms with Crippen molar-refractivity contribution in [1.82, 2.24) is 29.1 Å². The van der Waals surface area contributed by atoms with Crippen LogP contribution in [0.5, 0.6) is 0 Å². The minimum absolute atomic E-state index is 0.536. The topological polar surface area (TPSA) is 109 Å². The predicted octanol–water partition coefficient (Wildman–Crippen LogP) is 11.9. The number of aromatic nitrogens is 6. The summed E-state index contributed by atoms with van der Waals surface area (Å²) in [5, 5.41) is 23.8. The van der Waals surface area contributed by atoms with Crippen LogP contribution in [-0.2, 0) is 0 Å². The lowest BCUT2D eigenvalue weighted by Gasteiger charge is -2.19. The zero-order valence-electron chi connectivity index (χ0n) is 31.9. The third kappa shape index (κ3) is 5.60. The summed E-state index contributed by atoms with van der Waals surface area (Å²) in [6.07, 6.45) is 3.74. The van der Waals surface area contributed by atoms with E-state index in [1.54, 1.807) is 0 Å². The van der Waals surface area contributed by atoms with Gasteiger partial charge >= 0.3 is 0 Å². The predicted molar refractivity (Wildman–Crippen MR) is 237 cm³/mol. The summed E-state index contributed by atoms with van der Waals surface area (Å²) in [6, 6.07) is 61.3. The molecule has 8 heteroatoms. The molecule has 0 radical (unpaired) electrons. The van der Waals surface area contributed by atoms with Crippen molar-refractivity contribution in [2.24, 2.45) is 0 Å². The Kier molecular flexibility index (Phi) is 8.07. The van der Waals surface area contributed by atoms with E-state index in [0.29, 0.717) is 28.6 Å². The number of pyridine rings is 1. The first-order valence-corrected chi connectivity index (χ1v) is 19.5. The Hall–Kier alpha value is -8.72. The smallest absolute Gasteiger partial charge is 0.164 e. The molecular formula is C52H30N8. The van der Waals surface area contributed by atoms with Crippen molar-refractivity contribution in [2.45, 2.75) is 0 Å². The molecule has 0 aliphatic rings. The largest absolute Gasteiger partial charge is 0.309 e. The molecule has 7 aromatic carbocycles. The van der Waals surface area contributed by atoms with Gasteiger partial charge < -0.3 is 9.13 Å². The van der Waals surface area contributed by atoms with Gasteiger partial charge in [0.15, 0.2) is 17.5 Å². The molecular weight excluding hydrogens is 737 g/mol. The highest BCUT2D eigenvalue weighted by Gasteiger charge is 2.22. The Labute approximate surface area is 344 Å². The van der Waals surface area contributed by atoms with E-state index in [0.717, 1.165) is 82.8 Å². The number of para-hydroxylation sites is 2. The van der Waals surface area contributed by atoms with Crippen molar-refractivity contribution >= 4 is 43.6 Å². The van der Waals surface area contributed by atoms with Gasteiger partial charge in [-0.05, 0) is 60.7 Å². The maximum absolute atomic E-state index is 9.96. The van der Waals surface area contributed by atoms with E-state index in [2.05, 4.69) is 69.8 Å². The fourth-order valence-corrected chi connectivity index (χ4v) is 8.42. The van der Waals surface area contributed by atoms with E-state index < -0.39 is 0 Å². The van der Waals surface area contributed by atoms with Gasteiger partial charge in [-0.3, -0.25) is 4.98 Å². The molecule has 4 aromatic heterocycles. The molecule has 0 bridgehead atoms. The first-order chi connectivity index (χ1) is 29.7. The number of nitrogens with zero attached hydrogens (tertiary/aromatic N) is 8. The number of hydrogen-bond acceptors (Lipinski definition) is 6. The first-order valence-electron chi connectivity index (χ1n) is 19.5. The standard InChI is InChI=1S/C52H30N8/c53-30-33-19-23-46-42(27-33)38-15-7-9-17-44(38)59(46)48-29-37(52-57-50(35-11-3-1-4-12-35)56-51(58-52)36-13-5-2-6-14-36)21-22-40(48)41-25-26-55-32-49(41)60-45-18-10-8-16-39(45)43-28-34(31-54)20-24-47(43)60/h1-29,32H. The number of benzene rings is 7. The Morgan fingerprint density at radius 1 is 0.383 bits per heavy atom. The van der Waals surface area contributed by atoms with Crippen LogP contribution in [0.15, 0.2) is 182 Å². The summed E-state index contributed by atoms with van der Waals surface area (Å²) in [6.45, 7) is 0. The molecule has 0 saturated heterocycles. The highest BCUT2D eigenvalue weighted by molar-refractivity contribution is 6.12. The van der Waals surface area contributed by atoms with E-state index in [4.69, 9.17) is 19.9 Å². The highest BCUT2D eigenvalue weighted by Crippen LogP contribution is 2.42. The SMILES string of the molecule is N#Cc1ccc2c(c1)c1ccccc1n2-c1cnccc1-c1ccc(-c2nc(-c3ccccc3)nc(-c3ccccc3)n2)cc1-n1c2ccccc2c2cc(C#N)ccc21. The van der Waals surface area contributed by atoms with Crippen molar-refractivity contribution in [3.05, 3.63) is 193 Å². The van der Waals surface area contributed by atoms with Crippen molar-refractivity contribution in [1.29, 1.82) is 10.5 Å². The van der Waals surface area contributed by atoms with Crippen molar-refractivity contribution in [2.75, 3.05) is 0 Å². The fraction of sp³-hybridized carbons (Fsp3) is 0. The molecule has 0 aliphatic carbocycles. The third-order valence-corrected chi connectivity index (χ3v) is 11.1. The van der Waals surface area contributed by atoms with Crippen LogP contribution in [0.3, 0.4) is 0 Å². The molecule has 0 amide bonds. The van der Waals surface area contributed by atoms with Crippen LogP contribution in [0.4, 0.5) is 0 Å². The molecule has 0 unspecified atom stereocenters. The van der Waals surface area contributed by atoms with Crippen LogP contribution in [-0.4, -0.2) is 29.1 Å². The monoisotopic (exact) mass is 766 g/mol. The molecule has 60 heavy (non-hydrogen) atoms. The number of fused-ring (bicyclic) bond motifs is 6. The van der Waals surface area contributed by atoms with E-state index in [1.165, 1.54) is 0 Å². The molecule has 0 spiro atoms. The van der Waals surface area contributed by atoms with Crippen molar-refractivity contribution < 1.29 is 0 Å². The van der Waals surface area contributed by atoms with Crippen LogP contribution in [0.1, 0.15) is 11.1 Å².